The molecule has 2 N–H and O–H groups in total. The van der Waals surface area contributed by atoms with Gasteiger partial charge in [0.15, 0.2) is 0 Å². The van der Waals surface area contributed by atoms with Gasteiger partial charge in [-0.2, -0.15) is 0 Å². The molecular weight excluding hydrogens is 207 g/mol. The lowest BCUT2D eigenvalue weighted by molar-refractivity contribution is -0.120. The van der Waals surface area contributed by atoms with Crippen LogP contribution in [0.25, 0.3) is 0 Å². The maximum Gasteiger partial charge on any atom is 0.219 e. The molecule has 1 aromatic carbocycles. The van der Waals surface area contributed by atoms with Crippen LogP contribution in [0.5, 0.6) is 0 Å². The van der Waals surface area contributed by atoms with Crippen molar-refractivity contribution < 1.29 is 9.18 Å². The maximum absolute atomic E-state index is 13.2. The van der Waals surface area contributed by atoms with Crippen LogP contribution < -0.4 is 10.6 Å². The first-order valence-electron chi connectivity index (χ1n) is 5.38. The number of nitrogens with one attached hydrogen (secondary N) is 2. The van der Waals surface area contributed by atoms with Crippen LogP contribution in [-0.4, -0.2) is 19.5 Å². The summed E-state index contributed by atoms with van der Waals surface area (Å²) in [7, 11) is 1.62. The summed E-state index contributed by atoms with van der Waals surface area (Å²) in [5, 5.41) is 5.66. The summed E-state index contributed by atoms with van der Waals surface area (Å²) in [5.74, 6) is -0.158. The molecule has 1 amide bonds. The SMILES string of the molecule is CNC(=O)CCCNCc1ccccc1F. The summed E-state index contributed by atoms with van der Waals surface area (Å²) in [4.78, 5) is 10.9. The van der Waals surface area contributed by atoms with Gasteiger partial charge in [-0.1, -0.05) is 18.2 Å². The van der Waals surface area contributed by atoms with Crippen molar-refractivity contribution in [3.63, 3.8) is 0 Å². The van der Waals surface area contributed by atoms with Crippen LogP contribution in [0.4, 0.5) is 4.39 Å². The van der Waals surface area contributed by atoms with Crippen LogP contribution >= 0.6 is 0 Å². The Labute approximate surface area is 95.0 Å². The predicted molar refractivity (Wildman–Crippen MR) is 61.4 cm³/mol. The Morgan fingerprint density at radius 1 is 1.38 bits per heavy atom. The van der Waals surface area contributed by atoms with E-state index in [4.69, 9.17) is 0 Å². The molecule has 0 saturated heterocycles. The van der Waals surface area contributed by atoms with Crippen molar-refractivity contribution in [3.8, 4) is 0 Å². The van der Waals surface area contributed by atoms with Gasteiger partial charge in [0.05, 0.1) is 0 Å². The van der Waals surface area contributed by atoms with E-state index in [0.29, 0.717) is 25.1 Å². The van der Waals surface area contributed by atoms with E-state index >= 15 is 0 Å². The fourth-order valence-electron chi connectivity index (χ4n) is 1.36. The molecular formula is C12H17FN2O. The number of rotatable bonds is 6. The molecule has 88 valence electrons. The largest absolute Gasteiger partial charge is 0.359 e. The van der Waals surface area contributed by atoms with Crippen molar-refractivity contribution in [1.82, 2.24) is 10.6 Å². The molecule has 0 radical (unpaired) electrons. The van der Waals surface area contributed by atoms with Gasteiger partial charge in [0.25, 0.3) is 0 Å². The van der Waals surface area contributed by atoms with Gasteiger partial charge in [0.1, 0.15) is 5.82 Å². The minimum Gasteiger partial charge on any atom is -0.359 e. The van der Waals surface area contributed by atoms with Gasteiger partial charge in [-0.05, 0) is 19.0 Å². The highest BCUT2D eigenvalue weighted by atomic mass is 19.1. The van der Waals surface area contributed by atoms with Gasteiger partial charge in [-0.25, -0.2) is 4.39 Å². The number of halogens is 1. The molecule has 0 aromatic heterocycles. The molecule has 4 heteroatoms. The number of hydrogen-bond acceptors (Lipinski definition) is 2. The Balaban J connectivity index is 2.17. The molecule has 0 atom stereocenters. The molecule has 1 rings (SSSR count). The first kappa shape index (κ1) is 12.6. The first-order chi connectivity index (χ1) is 7.74. The second-order valence-electron chi connectivity index (χ2n) is 3.54. The van der Waals surface area contributed by atoms with Crippen molar-refractivity contribution in [2.75, 3.05) is 13.6 Å². The van der Waals surface area contributed by atoms with Gasteiger partial charge in [0.2, 0.25) is 5.91 Å². The normalized spacial score (nSPS) is 10.1. The fraction of sp³-hybridized carbons (Fsp3) is 0.417. The Morgan fingerprint density at radius 2 is 2.12 bits per heavy atom. The van der Waals surface area contributed by atoms with E-state index in [-0.39, 0.29) is 11.7 Å². The van der Waals surface area contributed by atoms with Crippen molar-refractivity contribution in [2.24, 2.45) is 0 Å². The molecule has 0 saturated carbocycles. The summed E-state index contributed by atoms with van der Waals surface area (Å²) in [6, 6.07) is 6.68. The van der Waals surface area contributed by atoms with Crippen LogP contribution in [0.1, 0.15) is 18.4 Å². The summed E-state index contributed by atoms with van der Waals surface area (Å²) >= 11 is 0. The number of amides is 1. The molecule has 0 heterocycles. The van der Waals surface area contributed by atoms with Crippen molar-refractivity contribution in [1.29, 1.82) is 0 Å². The molecule has 0 spiro atoms. The van der Waals surface area contributed by atoms with Crippen molar-refractivity contribution in [3.05, 3.63) is 35.6 Å². The van der Waals surface area contributed by atoms with E-state index in [9.17, 15) is 9.18 Å². The molecule has 0 aliphatic rings. The maximum atomic E-state index is 13.2. The lowest BCUT2D eigenvalue weighted by Crippen LogP contribution is -2.21. The summed E-state index contributed by atoms with van der Waals surface area (Å²) in [6.45, 7) is 1.21. The fourth-order valence-corrected chi connectivity index (χ4v) is 1.36. The minimum absolute atomic E-state index is 0.0349. The molecule has 1 aromatic rings. The topological polar surface area (TPSA) is 41.1 Å². The van der Waals surface area contributed by atoms with E-state index in [1.54, 1.807) is 19.2 Å². The highest BCUT2D eigenvalue weighted by Gasteiger charge is 2.00. The monoisotopic (exact) mass is 224 g/mol. The van der Waals surface area contributed by atoms with E-state index < -0.39 is 0 Å². The Hall–Kier alpha value is -1.42. The second-order valence-corrected chi connectivity index (χ2v) is 3.54. The molecule has 3 nitrogen and oxygen atoms in total. The van der Waals surface area contributed by atoms with Crippen LogP contribution in [0, 0.1) is 5.82 Å². The quantitative estimate of drug-likeness (QED) is 0.718. The molecule has 0 aliphatic carbocycles. The van der Waals surface area contributed by atoms with Crippen LogP contribution in [-0.2, 0) is 11.3 Å². The summed E-state index contributed by atoms with van der Waals surface area (Å²) < 4.78 is 13.2. The predicted octanol–water partition coefficient (Wildman–Crippen LogP) is 1.44. The van der Waals surface area contributed by atoms with Crippen LogP contribution in [0.2, 0.25) is 0 Å². The summed E-state index contributed by atoms with van der Waals surface area (Å²) in [6.07, 6.45) is 1.26. The third-order valence-corrected chi connectivity index (χ3v) is 2.31. The Bertz CT molecular complexity index is 342. The average molecular weight is 224 g/mol. The third-order valence-electron chi connectivity index (χ3n) is 2.31. The zero-order chi connectivity index (χ0) is 11.8. The standard InChI is InChI=1S/C12H17FN2O/c1-14-12(16)7-4-8-15-9-10-5-2-3-6-11(10)13/h2-3,5-6,15H,4,7-9H2,1H3,(H,14,16). The zero-order valence-electron chi connectivity index (χ0n) is 9.42. The zero-order valence-corrected chi connectivity index (χ0v) is 9.42. The van der Waals surface area contributed by atoms with Crippen LogP contribution in [0.15, 0.2) is 24.3 Å². The number of carbonyl (C=O) groups excluding carboxylic acids is 1. The van der Waals surface area contributed by atoms with Gasteiger partial charge in [-0.15, -0.1) is 0 Å². The summed E-state index contributed by atoms with van der Waals surface area (Å²) in [5.41, 5.74) is 0.655. The van der Waals surface area contributed by atoms with E-state index in [1.165, 1.54) is 6.07 Å². The van der Waals surface area contributed by atoms with Crippen molar-refractivity contribution >= 4 is 5.91 Å². The smallest absolute Gasteiger partial charge is 0.219 e. The van der Waals surface area contributed by atoms with Crippen LogP contribution in [0.3, 0.4) is 0 Å². The van der Waals surface area contributed by atoms with Crippen molar-refractivity contribution in [2.45, 2.75) is 19.4 Å². The first-order valence-corrected chi connectivity index (χ1v) is 5.38. The molecule has 16 heavy (non-hydrogen) atoms. The lowest BCUT2D eigenvalue weighted by atomic mass is 10.2. The Morgan fingerprint density at radius 3 is 2.81 bits per heavy atom. The van der Waals surface area contributed by atoms with Gasteiger partial charge in [-0.3, -0.25) is 4.79 Å². The molecule has 0 unspecified atom stereocenters. The number of hydrogen-bond donors (Lipinski definition) is 2. The lowest BCUT2D eigenvalue weighted by Gasteiger charge is -2.05. The Kier molecular flexibility index (Phi) is 5.50. The number of carbonyl (C=O) groups is 1. The highest BCUT2D eigenvalue weighted by molar-refractivity contribution is 5.75. The van der Waals surface area contributed by atoms with Gasteiger partial charge >= 0.3 is 0 Å². The minimum atomic E-state index is -0.193. The molecule has 0 fully saturated rings. The highest BCUT2D eigenvalue weighted by Crippen LogP contribution is 2.05. The van der Waals surface area contributed by atoms with E-state index in [0.717, 1.165) is 6.42 Å². The van der Waals surface area contributed by atoms with Gasteiger partial charge in [0, 0.05) is 25.6 Å². The second kappa shape index (κ2) is 6.95. The van der Waals surface area contributed by atoms with E-state index in [2.05, 4.69) is 10.6 Å². The third kappa shape index (κ3) is 4.40. The molecule has 0 aliphatic heterocycles. The average Bonchev–Trinajstić information content (AvgIpc) is 2.30. The van der Waals surface area contributed by atoms with E-state index in [1.807, 2.05) is 6.07 Å². The molecule has 0 bridgehead atoms. The van der Waals surface area contributed by atoms with Gasteiger partial charge < -0.3 is 10.6 Å². The number of benzene rings is 1.